The van der Waals surface area contributed by atoms with Crippen LogP contribution < -0.4 is 4.74 Å². The summed E-state index contributed by atoms with van der Waals surface area (Å²) in [6.45, 7) is 0. The lowest BCUT2D eigenvalue weighted by Gasteiger charge is -2.10. The second-order valence-electron chi connectivity index (χ2n) is 4.63. The van der Waals surface area contributed by atoms with Gasteiger partial charge in [-0.3, -0.25) is 4.68 Å². The monoisotopic (exact) mass is 324 g/mol. The lowest BCUT2D eigenvalue weighted by molar-refractivity contribution is 0.0600. The van der Waals surface area contributed by atoms with Gasteiger partial charge < -0.3 is 9.47 Å². The third-order valence-electron chi connectivity index (χ3n) is 3.09. The Kier molecular flexibility index (Phi) is 4.51. The van der Waals surface area contributed by atoms with E-state index in [-0.39, 0.29) is 10.6 Å². The van der Waals surface area contributed by atoms with Crippen LogP contribution in [0, 0.1) is 0 Å². The minimum atomic E-state index is -3.54. The fourth-order valence-corrected chi connectivity index (χ4v) is 3.29. The van der Waals surface area contributed by atoms with Gasteiger partial charge in [0.25, 0.3) is 0 Å². The lowest BCUT2D eigenvalue weighted by Crippen LogP contribution is -2.07. The molecular formula is C14H16N2O5S. The van der Waals surface area contributed by atoms with E-state index in [0.717, 1.165) is 0 Å². The van der Waals surface area contributed by atoms with Crippen LogP contribution in [0.1, 0.15) is 15.9 Å². The summed E-state index contributed by atoms with van der Waals surface area (Å²) in [7, 11) is 0.787. The number of rotatable bonds is 5. The van der Waals surface area contributed by atoms with Crippen molar-refractivity contribution in [2.24, 2.45) is 7.05 Å². The van der Waals surface area contributed by atoms with Crippen molar-refractivity contribution in [2.75, 3.05) is 14.2 Å². The first kappa shape index (κ1) is 16.0. The van der Waals surface area contributed by atoms with Crippen molar-refractivity contribution in [3.05, 3.63) is 41.7 Å². The van der Waals surface area contributed by atoms with Crippen LogP contribution >= 0.6 is 0 Å². The lowest BCUT2D eigenvalue weighted by atomic mass is 10.1. The van der Waals surface area contributed by atoms with Crippen molar-refractivity contribution < 1.29 is 22.7 Å². The van der Waals surface area contributed by atoms with E-state index >= 15 is 0 Å². The molecule has 0 bridgehead atoms. The van der Waals surface area contributed by atoms with E-state index in [2.05, 4.69) is 9.84 Å². The number of esters is 1. The Balaban J connectivity index is 2.35. The molecule has 2 aromatic rings. The second-order valence-corrected chi connectivity index (χ2v) is 6.62. The number of benzene rings is 1. The van der Waals surface area contributed by atoms with Crippen LogP contribution in [0.25, 0.3) is 0 Å². The van der Waals surface area contributed by atoms with Gasteiger partial charge in [-0.1, -0.05) is 6.07 Å². The Morgan fingerprint density at radius 1 is 1.32 bits per heavy atom. The summed E-state index contributed by atoms with van der Waals surface area (Å²) in [4.78, 5) is 11.6. The zero-order chi connectivity index (χ0) is 16.3. The molecule has 1 heterocycles. The first-order valence-electron chi connectivity index (χ1n) is 6.34. The molecule has 0 radical (unpaired) electrons. The predicted octanol–water partition coefficient (Wildman–Crippen LogP) is 1.19. The third-order valence-corrected chi connectivity index (χ3v) is 4.71. The van der Waals surface area contributed by atoms with E-state index in [1.165, 1.54) is 43.4 Å². The molecular weight excluding hydrogens is 308 g/mol. The molecule has 0 saturated carbocycles. The maximum atomic E-state index is 12.4. The number of carbonyl (C=O) groups excluding carboxylic acids is 1. The Hall–Kier alpha value is -2.35. The largest absolute Gasteiger partial charge is 0.496 e. The molecule has 1 aromatic heterocycles. The quantitative estimate of drug-likeness (QED) is 0.768. The molecule has 0 saturated heterocycles. The van der Waals surface area contributed by atoms with Gasteiger partial charge in [0.15, 0.2) is 9.84 Å². The normalized spacial score (nSPS) is 11.2. The van der Waals surface area contributed by atoms with Crippen molar-refractivity contribution in [3.8, 4) is 5.75 Å². The van der Waals surface area contributed by atoms with E-state index < -0.39 is 15.8 Å². The molecule has 0 unspecified atom stereocenters. The molecule has 7 nitrogen and oxygen atoms in total. The van der Waals surface area contributed by atoms with Crippen LogP contribution in [0.15, 0.2) is 35.5 Å². The second kappa shape index (κ2) is 6.18. The molecule has 0 spiro atoms. The topological polar surface area (TPSA) is 87.5 Å². The fourth-order valence-electron chi connectivity index (χ4n) is 1.96. The summed E-state index contributed by atoms with van der Waals surface area (Å²) >= 11 is 0. The highest BCUT2D eigenvalue weighted by Crippen LogP contribution is 2.25. The number of carbonyl (C=O) groups is 1. The van der Waals surface area contributed by atoms with E-state index in [4.69, 9.17) is 4.74 Å². The van der Waals surface area contributed by atoms with Gasteiger partial charge in [-0.25, -0.2) is 13.2 Å². The molecule has 22 heavy (non-hydrogen) atoms. The van der Waals surface area contributed by atoms with Gasteiger partial charge in [-0.05, 0) is 12.1 Å². The highest BCUT2D eigenvalue weighted by atomic mass is 32.2. The van der Waals surface area contributed by atoms with E-state index in [1.807, 2.05) is 0 Å². The Labute approximate surface area is 128 Å². The van der Waals surface area contributed by atoms with Crippen LogP contribution in [0.5, 0.6) is 5.75 Å². The number of hydrogen-bond donors (Lipinski definition) is 0. The Morgan fingerprint density at radius 2 is 2.05 bits per heavy atom. The highest BCUT2D eigenvalue weighted by molar-refractivity contribution is 7.90. The molecule has 118 valence electrons. The first-order valence-corrected chi connectivity index (χ1v) is 7.99. The molecule has 0 atom stereocenters. The molecule has 2 rings (SSSR count). The van der Waals surface area contributed by atoms with Crippen LogP contribution in [-0.4, -0.2) is 38.4 Å². The van der Waals surface area contributed by atoms with Crippen LogP contribution in [-0.2, 0) is 27.4 Å². The average molecular weight is 324 g/mol. The molecule has 0 aliphatic heterocycles. The van der Waals surface area contributed by atoms with Gasteiger partial charge in [0.05, 0.1) is 31.7 Å². The number of nitrogens with zero attached hydrogens (tertiary/aromatic N) is 2. The van der Waals surface area contributed by atoms with Gasteiger partial charge >= 0.3 is 5.97 Å². The van der Waals surface area contributed by atoms with Crippen LogP contribution in [0.2, 0.25) is 0 Å². The summed E-state index contributed by atoms with van der Waals surface area (Å²) in [5.41, 5.74) is 0.751. The molecule has 8 heteroatoms. The first-order chi connectivity index (χ1) is 10.4. The minimum Gasteiger partial charge on any atom is -0.496 e. The van der Waals surface area contributed by atoms with Crippen molar-refractivity contribution >= 4 is 15.8 Å². The molecule has 0 aliphatic rings. The number of ether oxygens (including phenoxy) is 2. The average Bonchev–Trinajstić information content (AvgIpc) is 2.94. The number of aromatic nitrogens is 2. The fraction of sp³-hybridized carbons (Fsp3) is 0.286. The summed E-state index contributed by atoms with van der Waals surface area (Å²) in [5, 5.41) is 3.86. The number of sulfone groups is 1. The maximum absolute atomic E-state index is 12.4. The summed E-state index contributed by atoms with van der Waals surface area (Å²) in [5.74, 6) is -0.445. The Bertz CT molecular complexity index is 795. The van der Waals surface area contributed by atoms with Crippen LogP contribution in [0.3, 0.4) is 0 Å². The van der Waals surface area contributed by atoms with Crippen molar-refractivity contribution in [2.45, 2.75) is 10.6 Å². The molecule has 1 aromatic carbocycles. The van der Waals surface area contributed by atoms with Crippen molar-refractivity contribution in [1.82, 2.24) is 9.78 Å². The third kappa shape index (κ3) is 3.28. The Morgan fingerprint density at radius 3 is 2.59 bits per heavy atom. The maximum Gasteiger partial charge on any atom is 0.337 e. The summed E-state index contributed by atoms with van der Waals surface area (Å²) in [6.07, 6.45) is 2.73. The predicted molar refractivity (Wildman–Crippen MR) is 78.4 cm³/mol. The zero-order valence-corrected chi connectivity index (χ0v) is 13.3. The van der Waals surface area contributed by atoms with Gasteiger partial charge in [0, 0.05) is 18.8 Å². The summed E-state index contributed by atoms with van der Waals surface area (Å²) in [6, 6.07) is 4.50. The van der Waals surface area contributed by atoms with Gasteiger partial charge in [-0.15, -0.1) is 0 Å². The van der Waals surface area contributed by atoms with Crippen molar-refractivity contribution in [1.29, 1.82) is 0 Å². The smallest absolute Gasteiger partial charge is 0.337 e. The van der Waals surface area contributed by atoms with Crippen LogP contribution in [0.4, 0.5) is 0 Å². The molecule has 0 fully saturated rings. The molecule has 0 amide bonds. The standard InChI is InChI=1S/C14H16N2O5S/c1-16-8-12(7-15-16)22(18,19)9-11-5-4-10(14(17)21-3)6-13(11)20-2/h4-8H,9H2,1-3H3. The number of aryl methyl sites for hydroxylation is 1. The van der Waals surface area contributed by atoms with E-state index in [1.54, 1.807) is 13.1 Å². The highest BCUT2D eigenvalue weighted by Gasteiger charge is 2.20. The van der Waals surface area contributed by atoms with Crippen molar-refractivity contribution in [3.63, 3.8) is 0 Å². The minimum absolute atomic E-state index is 0.133. The molecule has 0 N–H and O–H groups in total. The van der Waals surface area contributed by atoms with Gasteiger partial charge in [-0.2, -0.15) is 5.10 Å². The molecule has 0 aliphatic carbocycles. The zero-order valence-electron chi connectivity index (χ0n) is 12.4. The number of methoxy groups -OCH3 is 2. The van der Waals surface area contributed by atoms with Gasteiger partial charge in [0.2, 0.25) is 0 Å². The van der Waals surface area contributed by atoms with Gasteiger partial charge in [0.1, 0.15) is 10.6 Å². The van der Waals surface area contributed by atoms with E-state index in [0.29, 0.717) is 16.9 Å². The van der Waals surface area contributed by atoms with E-state index in [9.17, 15) is 13.2 Å². The SMILES string of the molecule is COC(=O)c1ccc(CS(=O)(=O)c2cnn(C)c2)c(OC)c1. The summed E-state index contributed by atoms with van der Waals surface area (Å²) < 4.78 is 35.9. The number of hydrogen-bond acceptors (Lipinski definition) is 6.